The van der Waals surface area contributed by atoms with Crippen molar-refractivity contribution in [3.8, 4) is 67.0 Å². The molecule has 4 nitrogen and oxygen atoms in total. The molecule has 0 atom stereocenters. The number of rotatable bonds is 9. The van der Waals surface area contributed by atoms with Gasteiger partial charge in [0.25, 0.3) is 6.71 Å². The van der Waals surface area contributed by atoms with Crippen LogP contribution in [0.2, 0.25) is 0 Å². The maximum Gasteiger partial charge on any atom is 0.252 e. The van der Waals surface area contributed by atoms with Crippen LogP contribution in [0.5, 0.6) is 0 Å². The largest absolute Gasteiger partial charge is 0.311 e. The molecule has 0 fully saturated rings. The molecular weight excluding hydrogens is 1410 g/mol. The molecule has 2 aliphatic heterocycles. The molecule has 2 aliphatic carbocycles. The topological polar surface area (TPSA) is 16.3 Å². The molecule has 0 amide bonds. The summed E-state index contributed by atoms with van der Waals surface area (Å²) in [5.41, 5.74) is 39.6. The van der Waals surface area contributed by atoms with Crippen LogP contribution in [-0.4, -0.2) is 15.8 Å². The number of nitrogens with zero attached hydrogens (tertiary/aromatic N) is 4. The van der Waals surface area contributed by atoms with Crippen LogP contribution in [0.1, 0.15) is 182 Å². The van der Waals surface area contributed by atoms with E-state index in [1.165, 1.54) is 162 Å². The van der Waals surface area contributed by atoms with Crippen LogP contribution in [0.15, 0.2) is 291 Å². The van der Waals surface area contributed by atoms with Gasteiger partial charge in [-0.1, -0.05) is 306 Å². The Hall–Kier alpha value is -11.7. The van der Waals surface area contributed by atoms with E-state index in [0.29, 0.717) is 0 Å². The maximum absolute atomic E-state index is 2.66. The summed E-state index contributed by atoms with van der Waals surface area (Å²) in [4.78, 5) is 5.32. The highest BCUT2D eigenvalue weighted by Crippen LogP contribution is 2.53. The molecule has 5 heteroatoms. The first-order chi connectivity index (χ1) is 55.8. The number of aromatic nitrogens is 2. The first-order valence-electron chi connectivity index (χ1n) is 42.8. The third-order valence-electron chi connectivity index (χ3n) is 27.7. The second kappa shape index (κ2) is 26.4. The van der Waals surface area contributed by atoms with Gasteiger partial charge in [-0.15, -0.1) is 0 Å². The highest BCUT2D eigenvalue weighted by molar-refractivity contribution is 7.00. The van der Waals surface area contributed by atoms with Gasteiger partial charge in [0.1, 0.15) is 0 Å². The molecular formula is C112H107BN4. The van der Waals surface area contributed by atoms with Crippen molar-refractivity contribution in [1.82, 2.24) is 9.13 Å². The lowest BCUT2D eigenvalue weighted by Gasteiger charge is -2.45. The van der Waals surface area contributed by atoms with Gasteiger partial charge in [0, 0.05) is 61.4 Å². The van der Waals surface area contributed by atoms with Crippen LogP contribution < -0.4 is 26.2 Å². The first kappa shape index (κ1) is 74.2. The standard InChI is InChI=1S/C112H107BN4/c1-106(2,3)79-41-54-99-88(65-79)89-66-80(107(4,5)6)42-55-100(89)116(99)83-47-51-96-102(67-83)115(82-45-34-73(35-46-82)77-37-49-92-94(63-77)112(16,17)59-57-110(92,12)13)104-69-84(117-97-52-39-74(70-26-20-18-21-27-70)60-86(97)87-61-75(40-53-98(87)117)71-28-22-19-23-29-71)68-103-105(104)113(96)95-50-38-78(85-30-24-25-31-90(85)108(7,8)9)64-101(95)114(103)81-43-32-72(33-44-81)76-36-48-91-93(62-76)111(14,15)58-56-109(91,10)11/h18-55,60-69H,56-59H2,1-17H3. The third-order valence-corrected chi connectivity index (χ3v) is 27.7. The van der Waals surface area contributed by atoms with E-state index < -0.39 is 0 Å². The Bertz CT molecular complexity index is 6570. The smallest absolute Gasteiger partial charge is 0.252 e. The number of benzene rings is 14. The van der Waals surface area contributed by atoms with Gasteiger partial charge in [0.05, 0.1) is 27.8 Å². The second-order valence-corrected chi connectivity index (χ2v) is 40.3. The molecule has 0 spiro atoms. The average molecular weight is 1520 g/mol. The fourth-order valence-corrected chi connectivity index (χ4v) is 20.6. The Balaban J connectivity index is 0.890. The summed E-state index contributed by atoms with van der Waals surface area (Å²) in [6, 6.07) is 114. The maximum atomic E-state index is 2.66. The molecule has 14 aromatic carbocycles. The molecule has 4 aliphatic rings. The summed E-state index contributed by atoms with van der Waals surface area (Å²) in [6.07, 6.45) is 4.67. The van der Waals surface area contributed by atoms with Crippen molar-refractivity contribution in [2.24, 2.45) is 0 Å². The zero-order chi connectivity index (χ0) is 80.9. The summed E-state index contributed by atoms with van der Waals surface area (Å²) in [5.74, 6) is 0. The van der Waals surface area contributed by atoms with Crippen LogP contribution in [0, 0.1) is 0 Å². The van der Waals surface area contributed by atoms with E-state index in [1.54, 1.807) is 0 Å². The fourth-order valence-electron chi connectivity index (χ4n) is 20.6. The van der Waals surface area contributed by atoms with Crippen molar-refractivity contribution in [2.45, 2.75) is 181 Å². The molecule has 20 rings (SSSR count). The van der Waals surface area contributed by atoms with Crippen molar-refractivity contribution in [3.63, 3.8) is 0 Å². The Morgan fingerprint density at radius 1 is 0.256 bits per heavy atom. The highest BCUT2D eigenvalue weighted by Gasteiger charge is 2.46. The van der Waals surface area contributed by atoms with Crippen molar-refractivity contribution in [3.05, 3.63) is 330 Å². The van der Waals surface area contributed by atoms with E-state index in [1.807, 2.05) is 0 Å². The zero-order valence-corrected chi connectivity index (χ0v) is 71.4. The molecule has 0 N–H and O–H groups in total. The Labute approximate surface area is 693 Å². The van der Waals surface area contributed by atoms with Crippen LogP contribution in [0.4, 0.5) is 34.1 Å². The minimum atomic E-state index is -0.200. The molecule has 578 valence electrons. The van der Waals surface area contributed by atoms with Gasteiger partial charge in [-0.05, 0) is 278 Å². The molecule has 2 aromatic heterocycles. The summed E-state index contributed by atoms with van der Waals surface area (Å²) < 4.78 is 5.16. The summed E-state index contributed by atoms with van der Waals surface area (Å²) in [6.45, 7) is 40.4. The van der Waals surface area contributed by atoms with Gasteiger partial charge in [-0.25, -0.2) is 0 Å². The molecule has 0 radical (unpaired) electrons. The van der Waals surface area contributed by atoms with E-state index in [0.717, 1.165) is 63.7 Å². The van der Waals surface area contributed by atoms with Gasteiger partial charge < -0.3 is 18.9 Å². The van der Waals surface area contributed by atoms with E-state index in [4.69, 9.17) is 0 Å². The SMILES string of the molecule is CC(C)(C)c1ccc2c(c1)c1cc(C(C)(C)C)ccc1n2-c1ccc2c(c1)N(c1ccc(-c3ccc4c(c3)C(C)(C)CCC4(C)C)cc1)c1cc(-n3c4ccc(-c5ccccc5)cc4c4cc(-c5ccccc5)ccc43)cc3c1B2c1ccc(-c2ccccc2C(C)(C)C)cc1N3c1ccc(-c2ccc3c(c2)C(C)(C)CCC3(C)C)cc1. The predicted octanol–water partition coefficient (Wildman–Crippen LogP) is 28.9. The first-order valence-corrected chi connectivity index (χ1v) is 42.8. The fraction of sp³-hybridized carbons (Fsp3) is 0.250. The lowest BCUT2D eigenvalue weighted by Crippen LogP contribution is -2.61. The molecule has 4 heterocycles. The number of fused-ring (bicyclic) bond motifs is 12. The van der Waals surface area contributed by atoms with E-state index in [2.05, 4.69) is 428 Å². The van der Waals surface area contributed by atoms with Crippen LogP contribution in [0.25, 0.3) is 111 Å². The molecule has 0 saturated carbocycles. The van der Waals surface area contributed by atoms with Gasteiger partial charge in [0.2, 0.25) is 0 Å². The van der Waals surface area contributed by atoms with Gasteiger partial charge in [-0.2, -0.15) is 0 Å². The van der Waals surface area contributed by atoms with Crippen molar-refractivity contribution in [1.29, 1.82) is 0 Å². The van der Waals surface area contributed by atoms with Gasteiger partial charge >= 0.3 is 0 Å². The van der Waals surface area contributed by atoms with Crippen LogP contribution >= 0.6 is 0 Å². The second-order valence-electron chi connectivity index (χ2n) is 40.3. The Morgan fingerprint density at radius 2 is 0.598 bits per heavy atom. The lowest BCUT2D eigenvalue weighted by molar-refractivity contribution is 0.332. The number of hydrogen-bond acceptors (Lipinski definition) is 2. The molecule has 0 saturated heterocycles. The van der Waals surface area contributed by atoms with Crippen molar-refractivity contribution < 1.29 is 0 Å². The monoisotopic (exact) mass is 1520 g/mol. The number of hydrogen-bond donors (Lipinski definition) is 0. The minimum Gasteiger partial charge on any atom is -0.311 e. The highest BCUT2D eigenvalue weighted by atomic mass is 15.2. The quantitative estimate of drug-likeness (QED) is 0.134. The molecule has 0 bridgehead atoms. The van der Waals surface area contributed by atoms with Gasteiger partial charge in [0.15, 0.2) is 0 Å². The third kappa shape index (κ3) is 12.2. The Kier molecular flexibility index (Phi) is 16.8. The van der Waals surface area contributed by atoms with E-state index in [9.17, 15) is 0 Å². The zero-order valence-electron chi connectivity index (χ0n) is 71.4. The van der Waals surface area contributed by atoms with Crippen LogP contribution in [-0.2, 0) is 37.9 Å². The average Bonchev–Trinajstić information content (AvgIpc) is 1.53. The van der Waals surface area contributed by atoms with Crippen molar-refractivity contribution >= 4 is 101 Å². The lowest BCUT2D eigenvalue weighted by atomic mass is 9.33. The van der Waals surface area contributed by atoms with E-state index in [-0.39, 0.29) is 44.6 Å². The normalized spacial score (nSPS) is 15.8. The summed E-state index contributed by atoms with van der Waals surface area (Å²) in [5, 5.41) is 4.95. The van der Waals surface area contributed by atoms with Crippen molar-refractivity contribution in [2.75, 3.05) is 9.80 Å². The molecule has 16 aromatic rings. The molecule has 117 heavy (non-hydrogen) atoms. The predicted molar refractivity (Wildman–Crippen MR) is 503 cm³/mol. The Morgan fingerprint density at radius 3 is 1.05 bits per heavy atom. The van der Waals surface area contributed by atoms with Crippen LogP contribution in [0.3, 0.4) is 0 Å². The van der Waals surface area contributed by atoms with E-state index >= 15 is 0 Å². The number of anilines is 6. The van der Waals surface area contributed by atoms with Gasteiger partial charge in [-0.3, -0.25) is 0 Å². The summed E-state index contributed by atoms with van der Waals surface area (Å²) >= 11 is 0. The summed E-state index contributed by atoms with van der Waals surface area (Å²) in [7, 11) is 0. The minimum absolute atomic E-state index is 0.0522. The molecule has 0 unspecified atom stereocenters.